The zero-order valence-electron chi connectivity index (χ0n) is 19.2. The molecule has 0 aliphatic carbocycles. The van der Waals surface area contributed by atoms with Crippen LogP contribution in [0.3, 0.4) is 0 Å². The molecule has 3 aromatic rings. The van der Waals surface area contributed by atoms with Gasteiger partial charge in [-0.15, -0.1) is 0 Å². The minimum Gasteiger partial charge on any atom is -0.351 e. The van der Waals surface area contributed by atoms with Gasteiger partial charge >= 0.3 is 0 Å². The van der Waals surface area contributed by atoms with E-state index in [1.54, 1.807) is 24.3 Å². The first-order valence-electron chi connectivity index (χ1n) is 11.6. The van der Waals surface area contributed by atoms with Crippen molar-refractivity contribution in [3.05, 3.63) is 99.6 Å². The summed E-state index contributed by atoms with van der Waals surface area (Å²) < 4.78 is 0. The van der Waals surface area contributed by atoms with Crippen LogP contribution in [-0.2, 0) is 14.4 Å². The lowest BCUT2D eigenvalue weighted by molar-refractivity contribution is -0.384. The van der Waals surface area contributed by atoms with Crippen LogP contribution < -0.4 is 15.1 Å². The van der Waals surface area contributed by atoms with Crippen LogP contribution in [0.15, 0.2) is 78.9 Å². The number of rotatable bonds is 4. The summed E-state index contributed by atoms with van der Waals surface area (Å²) in [7, 11) is 0. The highest BCUT2D eigenvalue weighted by molar-refractivity contribution is 6.31. The van der Waals surface area contributed by atoms with E-state index in [1.165, 1.54) is 24.3 Å². The number of nitrogens with zero attached hydrogens (tertiary/aromatic N) is 3. The first kappa shape index (κ1) is 22.9. The molecule has 3 aromatic carbocycles. The maximum Gasteiger partial charge on any atom is 0.269 e. The van der Waals surface area contributed by atoms with Gasteiger partial charge in [0.05, 0.1) is 28.5 Å². The number of anilines is 3. The lowest BCUT2D eigenvalue weighted by atomic mass is 9.88. The van der Waals surface area contributed by atoms with Gasteiger partial charge in [-0.1, -0.05) is 48.0 Å². The molecule has 37 heavy (non-hydrogen) atoms. The van der Waals surface area contributed by atoms with Gasteiger partial charge in [-0.2, -0.15) is 0 Å². The highest BCUT2D eigenvalue weighted by Gasteiger charge is 2.64. The van der Waals surface area contributed by atoms with E-state index in [0.29, 0.717) is 16.4 Å². The van der Waals surface area contributed by atoms with Gasteiger partial charge in [0.2, 0.25) is 17.7 Å². The van der Waals surface area contributed by atoms with E-state index in [1.807, 2.05) is 41.3 Å². The van der Waals surface area contributed by atoms with Gasteiger partial charge in [-0.3, -0.25) is 24.5 Å². The van der Waals surface area contributed by atoms with Gasteiger partial charge in [0.25, 0.3) is 5.69 Å². The van der Waals surface area contributed by atoms with E-state index < -0.39 is 40.7 Å². The molecule has 6 rings (SSSR count). The molecule has 2 fully saturated rings. The third kappa shape index (κ3) is 3.58. The Labute approximate surface area is 216 Å². The summed E-state index contributed by atoms with van der Waals surface area (Å²) in [5.74, 6) is -3.05. The Hall–Kier alpha value is -4.50. The molecule has 1 N–H and O–H groups in total. The van der Waals surface area contributed by atoms with Gasteiger partial charge in [-0.25, -0.2) is 4.90 Å². The van der Waals surface area contributed by atoms with Crippen molar-refractivity contribution in [2.24, 2.45) is 11.8 Å². The molecule has 0 bridgehead atoms. The van der Waals surface area contributed by atoms with Crippen molar-refractivity contribution in [2.75, 3.05) is 15.1 Å². The average molecular weight is 515 g/mol. The van der Waals surface area contributed by atoms with Crippen LogP contribution in [0.4, 0.5) is 22.7 Å². The highest BCUT2D eigenvalue weighted by Crippen LogP contribution is 2.49. The second kappa shape index (κ2) is 8.56. The van der Waals surface area contributed by atoms with Crippen LogP contribution >= 0.6 is 11.6 Å². The van der Waals surface area contributed by atoms with Crippen LogP contribution in [0.25, 0.3) is 6.08 Å². The fourth-order valence-corrected chi connectivity index (χ4v) is 5.75. The molecule has 0 spiro atoms. The first-order valence-corrected chi connectivity index (χ1v) is 12.0. The maximum atomic E-state index is 13.8. The molecular weight excluding hydrogens is 496 g/mol. The quantitative estimate of drug-likeness (QED) is 0.316. The van der Waals surface area contributed by atoms with Gasteiger partial charge in [0.15, 0.2) is 0 Å². The van der Waals surface area contributed by atoms with Crippen molar-refractivity contribution >= 4 is 58.1 Å². The number of halogens is 1. The lowest BCUT2D eigenvalue weighted by Gasteiger charge is -2.36. The summed E-state index contributed by atoms with van der Waals surface area (Å²) in [4.78, 5) is 54.7. The topological polar surface area (TPSA) is 113 Å². The number of hydrogen-bond donors (Lipinski definition) is 1. The Morgan fingerprint density at radius 3 is 2.41 bits per heavy atom. The largest absolute Gasteiger partial charge is 0.351 e. The number of nitro groups is 1. The summed E-state index contributed by atoms with van der Waals surface area (Å²) in [6, 6.07) is 17.9. The Kier molecular flexibility index (Phi) is 5.31. The van der Waals surface area contributed by atoms with Crippen LogP contribution in [0.2, 0.25) is 5.02 Å². The SMILES string of the molecule is O=C(Nc1ccc([N+](=O)[O-])cc1)[C@@H]1[C@H]2C(=O)N(c3cccc(Cl)c3)C(=O)[C@@H]2[C@@H]2C=Cc3ccccc3N12. The summed E-state index contributed by atoms with van der Waals surface area (Å²) in [6.45, 7) is 0. The number of hydrogen-bond acceptors (Lipinski definition) is 6. The van der Waals surface area contributed by atoms with Crippen molar-refractivity contribution in [3.8, 4) is 0 Å². The van der Waals surface area contributed by atoms with E-state index in [9.17, 15) is 24.5 Å². The van der Waals surface area contributed by atoms with Crippen LogP contribution in [-0.4, -0.2) is 34.7 Å². The van der Waals surface area contributed by atoms with Gasteiger partial charge in [0.1, 0.15) is 6.04 Å². The Bertz CT molecular complexity index is 1500. The average Bonchev–Trinajstić information content (AvgIpc) is 3.37. The standard InChI is InChI=1S/C27H19ClN4O5/c28-16-5-3-6-19(14-16)30-26(34)22-21-13-8-15-4-1-2-7-20(15)31(21)24(23(22)27(30)35)25(33)29-17-9-11-18(12-10-17)32(36)37/h1-14,21-24H,(H,29,33)/t21-,22+,23-,24-/m0/s1. The zero-order chi connectivity index (χ0) is 25.8. The number of fused-ring (bicyclic) bond motifs is 5. The third-order valence-electron chi connectivity index (χ3n) is 7.10. The van der Waals surface area contributed by atoms with Crippen molar-refractivity contribution in [1.29, 1.82) is 0 Å². The summed E-state index contributed by atoms with van der Waals surface area (Å²) in [5.41, 5.74) is 2.22. The Morgan fingerprint density at radius 2 is 1.68 bits per heavy atom. The molecule has 10 heteroatoms. The molecule has 3 aliphatic rings. The molecule has 3 heterocycles. The molecule has 4 atom stereocenters. The smallest absolute Gasteiger partial charge is 0.269 e. The lowest BCUT2D eigenvalue weighted by Crippen LogP contribution is -2.50. The minimum atomic E-state index is -0.989. The maximum absolute atomic E-state index is 13.8. The summed E-state index contributed by atoms with van der Waals surface area (Å²) >= 11 is 6.13. The van der Waals surface area contributed by atoms with Crippen molar-refractivity contribution in [1.82, 2.24) is 0 Å². The number of non-ortho nitro benzene ring substituents is 1. The number of nitrogens with one attached hydrogen (secondary N) is 1. The predicted molar refractivity (Wildman–Crippen MR) is 138 cm³/mol. The van der Waals surface area contributed by atoms with Crippen LogP contribution in [0, 0.1) is 22.0 Å². The Morgan fingerprint density at radius 1 is 0.946 bits per heavy atom. The second-order valence-electron chi connectivity index (χ2n) is 9.10. The minimum absolute atomic E-state index is 0.109. The Balaban J connectivity index is 1.41. The highest BCUT2D eigenvalue weighted by atomic mass is 35.5. The van der Waals surface area contributed by atoms with Crippen molar-refractivity contribution in [2.45, 2.75) is 12.1 Å². The fraction of sp³-hybridized carbons (Fsp3) is 0.148. The molecule has 0 saturated carbocycles. The zero-order valence-corrected chi connectivity index (χ0v) is 19.9. The van der Waals surface area contributed by atoms with E-state index in [0.717, 1.165) is 16.2 Å². The molecule has 0 aromatic heterocycles. The predicted octanol–water partition coefficient (Wildman–Crippen LogP) is 4.28. The summed E-state index contributed by atoms with van der Waals surface area (Å²) in [6.07, 6.45) is 3.77. The van der Waals surface area contributed by atoms with E-state index in [-0.39, 0.29) is 11.6 Å². The normalized spacial score (nSPS) is 23.5. The molecule has 3 amide bonds. The molecular formula is C27H19ClN4O5. The van der Waals surface area contributed by atoms with E-state index in [2.05, 4.69) is 5.32 Å². The number of carbonyl (C=O) groups is 3. The third-order valence-corrected chi connectivity index (χ3v) is 7.33. The molecule has 9 nitrogen and oxygen atoms in total. The van der Waals surface area contributed by atoms with Crippen LogP contribution in [0.1, 0.15) is 5.56 Å². The molecule has 184 valence electrons. The van der Waals surface area contributed by atoms with Gasteiger partial charge < -0.3 is 10.2 Å². The first-order chi connectivity index (χ1) is 17.8. The van der Waals surface area contributed by atoms with Crippen molar-refractivity contribution < 1.29 is 19.3 Å². The monoisotopic (exact) mass is 514 g/mol. The molecule has 2 saturated heterocycles. The fourth-order valence-electron chi connectivity index (χ4n) is 5.57. The van der Waals surface area contributed by atoms with Crippen molar-refractivity contribution in [3.63, 3.8) is 0 Å². The van der Waals surface area contributed by atoms with E-state index in [4.69, 9.17) is 11.6 Å². The number of benzene rings is 3. The second-order valence-corrected chi connectivity index (χ2v) is 9.53. The van der Waals surface area contributed by atoms with Gasteiger partial charge in [0, 0.05) is 28.5 Å². The molecule has 0 radical (unpaired) electrons. The van der Waals surface area contributed by atoms with Gasteiger partial charge in [-0.05, 0) is 42.0 Å². The number of nitro benzene ring substituents is 1. The molecule has 3 aliphatic heterocycles. The number of amides is 3. The number of para-hydroxylation sites is 1. The van der Waals surface area contributed by atoms with Crippen LogP contribution in [0.5, 0.6) is 0 Å². The summed E-state index contributed by atoms with van der Waals surface area (Å²) in [5, 5.41) is 14.2. The number of carbonyl (C=O) groups excluding carboxylic acids is 3. The van der Waals surface area contributed by atoms with E-state index >= 15 is 0 Å². The molecule has 0 unspecified atom stereocenters. The number of imide groups is 1.